The van der Waals surface area contributed by atoms with Crippen LogP contribution < -0.4 is 38.2 Å². The Morgan fingerprint density at radius 3 is 1.09 bits per heavy atom. The molecule has 0 N–H and O–H groups in total. The maximum Gasteiger partial charge on any atom is 0.128 e. The second-order valence-corrected chi connectivity index (χ2v) is 14.0. The first-order chi connectivity index (χ1) is 27.2. The van der Waals surface area contributed by atoms with Crippen LogP contribution in [0.15, 0.2) is 156 Å². The van der Waals surface area contributed by atoms with E-state index in [0.717, 1.165) is 50.1 Å². The Morgan fingerprint density at radius 2 is 0.589 bits per heavy atom. The lowest BCUT2D eigenvalue weighted by molar-refractivity contribution is 0.675. The standard InChI is InChI=1S/C48H25B7O/c49-40-37(43(52)47-38(41(40)50)39-42(51)44(53)45(54)46(55)48(39)56-47)33-13-7-12-32(22-33)36-24-34(30-18-14-28(15-19-30)26-8-3-1-4-9-26)23-35(25-36)31-20-16-29(17-21-31)27-10-5-2-6-11-27/h1-25H. The number of benzene rings is 8. The predicted octanol–water partition coefficient (Wildman–Crippen LogP) is 5.14. The van der Waals surface area contributed by atoms with Crippen molar-refractivity contribution in [3.8, 4) is 66.8 Å². The van der Waals surface area contributed by atoms with Crippen LogP contribution >= 0.6 is 0 Å². The minimum absolute atomic E-state index is 0.132. The molecule has 9 rings (SSSR count). The first-order valence-corrected chi connectivity index (χ1v) is 18.2. The van der Waals surface area contributed by atoms with Crippen LogP contribution in [0.25, 0.3) is 88.7 Å². The zero-order chi connectivity index (χ0) is 38.7. The van der Waals surface area contributed by atoms with Crippen molar-refractivity contribution in [1.29, 1.82) is 0 Å². The van der Waals surface area contributed by atoms with E-state index >= 15 is 0 Å². The molecule has 0 saturated heterocycles. The number of hydrogen-bond donors (Lipinski definition) is 0. The van der Waals surface area contributed by atoms with Crippen LogP contribution in [0.3, 0.4) is 0 Å². The summed E-state index contributed by atoms with van der Waals surface area (Å²) in [4.78, 5) is 0. The zero-order valence-electron chi connectivity index (χ0n) is 30.4. The van der Waals surface area contributed by atoms with Gasteiger partial charge in [-0.3, -0.25) is 0 Å². The molecule has 1 aromatic heterocycles. The fourth-order valence-electron chi connectivity index (χ4n) is 7.66. The van der Waals surface area contributed by atoms with Gasteiger partial charge in [0.05, 0.1) is 0 Å². The molecule has 0 aliphatic carbocycles. The molecule has 56 heavy (non-hydrogen) atoms. The van der Waals surface area contributed by atoms with Crippen LogP contribution in [0.5, 0.6) is 0 Å². The Morgan fingerprint density at radius 1 is 0.250 bits per heavy atom. The van der Waals surface area contributed by atoms with E-state index < -0.39 is 0 Å². The molecule has 0 spiro atoms. The summed E-state index contributed by atoms with van der Waals surface area (Å²) < 4.78 is 6.25. The number of furan rings is 1. The first kappa shape index (κ1) is 35.7. The molecular weight excluding hydrogens is 668 g/mol. The van der Waals surface area contributed by atoms with Gasteiger partial charge >= 0.3 is 0 Å². The van der Waals surface area contributed by atoms with Crippen molar-refractivity contribution in [3.63, 3.8) is 0 Å². The topological polar surface area (TPSA) is 13.1 Å². The highest BCUT2D eigenvalue weighted by molar-refractivity contribution is 6.69. The van der Waals surface area contributed by atoms with Crippen LogP contribution in [0.2, 0.25) is 0 Å². The second-order valence-electron chi connectivity index (χ2n) is 14.0. The lowest BCUT2D eigenvalue weighted by Crippen LogP contribution is -2.47. The third kappa shape index (κ3) is 6.09. The lowest BCUT2D eigenvalue weighted by atomic mass is 9.64. The smallest absolute Gasteiger partial charge is 0.128 e. The second kappa shape index (κ2) is 14.3. The van der Waals surface area contributed by atoms with Gasteiger partial charge in [-0.1, -0.05) is 149 Å². The van der Waals surface area contributed by atoms with Crippen LogP contribution in [0.4, 0.5) is 0 Å². The average molecular weight is 693 g/mol. The summed E-state index contributed by atoms with van der Waals surface area (Å²) in [7, 11) is 45.5. The van der Waals surface area contributed by atoms with E-state index in [-0.39, 0.29) is 38.4 Å². The van der Waals surface area contributed by atoms with Gasteiger partial charge in [0.1, 0.15) is 66.1 Å². The fourth-order valence-corrected chi connectivity index (χ4v) is 7.66. The molecule has 0 unspecified atom stereocenters. The van der Waals surface area contributed by atoms with E-state index in [1.807, 2.05) is 24.3 Å². The summed E-state index contributed by atoms with van der Waals surface area (Å²) >= 11 is 0. The molecule has 244 valence electrons. The Kier molecular flexibility index (Phi) is 9.09. The highest BCUT2D eigenvalue weighted by Crippen LogP contribution is 2.36. The van der Waals surface area contributed by atoms with E-state index in [0.29, 0.717) is 27.4 Å². The molecule has 0 aliphatic rings. The van der Waals surface area contributed by atoms with Gasteiger partial charge in [0.15, 0.2) is 0 Å². The van der Waals surface area contributed by atoms with Crippen LogP contribution in [-0.2, 0) is 0 Å². The molecule has 9 aromatic rings. The average Bonchev–Trinajstić information content (AvgIpc) is 3.67. The van der Waals surface area contributed by atoms with Crippen molar-refractivity contribution in [3.05, 3.63) is 152 Å². The molecule has 0 aliphatic heterocycles. The summed E-state index contributed by atoms with van der Waals surface area (Å²) in [5, 5.41) is 0.873. The molecule has 0 bridgehead atoms. The first-order valence-electron chi connectivity index (χ1n) is 18.2. The van der Waals surface area contributed by atoms with Crippen LogP contribution in [0, 0.1) is 0 Å². The third-order valence-corrected chi connectivity index (χ3v) is 10.7. The largest absolute Gasteiger partial charge is 0.457 e. The van der Waals surface area contributed by atoms with E-state index in [1.165, 1.54) is 11.1 Å². The SMILES string of the molecule is [B]c1c([B])c([B])c2c(oc3c([B])c(-c4cccc(-c5cc(-c6ccc(-c7ccccc7)cc6)cc(-c6ccc(-c7ccccc7)cc6)c5)c4)c([B])c([B])c32)c1[B]. The summed E-state index contributed by atoms with van der Waals surface area (Å²) in [5.74, 6) is 0. The van der Waals surface area contributed by atoms with Gasteiger partial charge in [-0.15, -0.1) is 10.9 Å². The van der Waals surface area contributed by atoms with Crippen molar-refractivity contribution in [1.82, 2.24) is 0 Å². The van der Waals surface area contributed by atoms with Crippen LogP contribution in [0.1, 0.15) is 0 Å². The summed E-state index contributed by atoms with van der Waals surface area (Å²) in [6.07, 6.45) is 0. The molecule has 14 radical (unpaired) electrons. The van der Waals surface area contributed by atoms with E-state index in [4.69, 9.17) is 59.3 Å². The molecule has 1 nitrogen and oxygen atoms in total. The Bertz CT molecular complexity index is 2850. The highest BCUT2D eigenvalue weighted by atomic mass is 16.3. The van der Waals surface area contributed by atoms with E-state index in [1.54, 1.807) is 0 Å². The lowest BCUT2D eigenvalue weighted by Gasteiger charge is -2.18. The minimum atomic E-state index is 0.132. The van der Waals surface area contributed by atoms with Gasteiger partial charge in [0.2, 0.25) is 0 Å². The zero-order valence-corrected chi connectivity index (χ0v) is 30.4. The van der Waals surface area contributed by atoms with Crippen molar-refractivity contribution >= 4 is 115 Å². The number of hydrogen-bond acceptors (Lipinski definition) is 1. The monoisotopic (exact) mass is 694 g/mol. The van der Waals surface area contributed by atoms with Crippen molar-refractivity contribution in [2.75, 3.05) is 0 Å². The summed E-state index contributed by atoms with van der Waals surface area (Å²) in [6, 6.07) is 52.9. The molecule has 0 amide bonds. The maximum absolute atomic E-state index is 6.88. The predicted molar refractivity (Wildman–Crippen MR) is 244 cm³/mol. The Balaban J connectivity index is 1.18. The van der Waals surface area contributed by atoms with Crippen molar-refractivity contribution in [2.45, 2.75) is 0 Å². The molecule has 8 aromatic carbocycles. The minimum Gasteiger partial charge on any atom is -0.457 e. The van der Waals surface area contributed by atoms with Gasteiger partial charge in [0.25, 0.3) is 0 Å². The fraction of sp³-hybridized carbons (Fsp3) is 0. The number of rotatable bonds is 6. The Labute approximate surface area is 336 Å². The molecule has 0 fully saturated rings. The van der Waals surface area contributed by atoms with Crippen molar-refractivity contribution in [2.24, 2.45) is 0 Å². The molecule has 8 heteroatoms. The van der Waals surface area contributed by atoms with Gasteiger partial charge < -0.3 is 4.42 Å². The van der Waals surface area contributed by atoms with Gasteiger partial charge in [0, 0.05) is 10.8 Å². The third-order valence-electron chi connectivity index (χ3n) is 10.7. The normalized spacial score (nSPS) is 11.4. The highest BCUT2D eigenvalue weighted by Gasteiger charge is 2.22. The quantitative estimate of drug-likeness (QED) is 0.220. The van der Waals surface area contributed by atoms with Gasteiger partial charge in [-0.25, -0.2) is 0 Å². The molecule has 0 saturated carbocycles. The Hall–Kier alpha value is -5.99. The molecular formula is C48H25B7O. The van der Waals surface area contributed by atoms with E-state index in [9.17, 15) is 0 Å². The molecule has 1 heterocycles. The van der Waals surface area contributed by atoms with Gasteiger partial charge in [-0.2, -0.15) is 0 Å². The number of fused-ring (bicyclic) bond motifs is 3. The van der Waals surface area contributed by atoms with Gasteiger partial charge in [-0.05, 0) is 96.5 Å². The molecule has 0 atom stereocenters. The van der Waals surface area contributed by atoms with E-state index in [2.05, 4.69) is 127 Å². The summed E-state index contributed by atoms with van der Waals surface area (Å²) in [6.45, 7) is 0. The van der Waals surface area contributed by atoms with Crippen LogP contribution in [-0.4, -0.2) is 54.9 Å². The summed E-state index contributed by atoms with van der Waals surface area (Å²) in [5.41, 5.74) is 14.3. The van der Waals surface area contributed by atoms with Crippen molar-refractivity contribution < 1.29 is 4.42 Å². The maximum atomic E-state index is 6.88.